The highest BCUT2D eigenvalue weighted by molar-refractivity contribution is 7.90. The fraction of sp³-hybridized carbons (Fsp3) is 0.500. The van der Waals surface area contributed by atoms with Crippen molar-refractivity contribution in [2.45, 2.75) is 25.3 Å². The zero-order valence-corrected chi connectivity index (χ0v) is 15.1. The monoisotopic (exact) mass is 364 g/mol. The van der Waals surface area contributed by atoms with Crippen molar-refractivity contribution in [2.24, 2.45) is 5.92 Å². The molecule has 0 spiro atoms. The van der Waals surface area contributed by atoms with E-state index in [1.54, 1.807) is 21.8 Å². The molecule has 2 aromatic rings. The number of hydrogen-bond acceptors (Lipinski definition) is 6. The van der Waals surface area contributed by atoms with Gasteiger partial charge in [-0.25, -0.2) is 13.4 Å². The Labute approximate surface area is 146 Å². The molecule has 2 unspecified atom stereocenters. The number of thiazole rings is 1. The molecule has 2 aromatic heterocycles. The standard InChI is InChI=1S/C16H20N4O2S2/c1-12-18-15(11-23-12)9-20-7-13-6-19(10-16(13)24(20,21)22)8-14-4-2-3-5-17-14/h2-5,11,13,16H,6-10H2,1H3. The van der Waals surface area contributed by atoms with Gasteiger partial charge in [0, 0.05) is 43.7 Å². The van der Waals surface area contributed by atoms with Gasteiger partial charge < -0.3 is 0 Å². The zero-order chi connectivity index (χ0) is 16.7. The van der Waals surface area contributed by atoms with Gasteiger partial charge in [0.1, 0.15) is 0 Å². The van der Waals surface area contributed by atoms with E-state index in [4.69, 9.17) is 0 Å². The summed E-state index contributed by atoms with van der Waals surface area (Å²) in [5.74, 6) is 0.179. The van der Waals surface area contributed by atoms with Crippen LogP contribution in [0.15, 0.2) is 29.8 Å². The van der Waals surface area contributed by atoms with Crippen LogP contribution in [0.25, 0.3) is 0 Å². The lowest BCUT2D eigenvalue weighted by Gasteiger charge is -2.20. The van der Waals surface area contributed by atoms with E-state index in [1.807, 2.05) is 30.5 Å². The van der Waals surface area contributed by atoms with Crippen LogP contribution in [0.3, 0.4) is 0 Å². The van der Waals surface area contributed by atoms with Crippen LogP contribution < -0.4 is 0 Å². The second-order valence-electron chi connectivity index (χ2n) is 6.51. The summed E-state index contributed by atoms with van der Waals surface area (Å²) in [4.78, 5) is 10.9. The van der Waals surface area contributed by atoms with Crippen LogP contribution in [-0.2, 0) is 23.1 Å². The number of nitrogens with zero attached hydrogens (tertiary/aromatic N) is 4. The Balaban J connectivity index is 1.44. The maximum atomic E-state index is 12.8. The maximum Gasteiger partial charge on any atom is 0.218 e. The lowest BCUT2D eigenvalue weighted by atomic mass is 10.1. The Kier molecular flexibility index (Phi) is 4.16. The van der Waals surface area contributed by atoms with Crippen LogP contribution in [0.1, 0.15) is 16.4 Å². The molecule has 0 saturated carbocycles. The van der Waals surface area contributed by atoms with Crippen LogP contribution in [-0.4, -0.2) is 52.5 Å². The Morgan fingerprint density at radius 1 is 1.21 bits per heavy atom. The Morgan fingerprint density at radius 2 is 2.08 bits per heavy atom. The normalized spacial score (nSPS) is 26.7. The fourth-order valence-corrected chi connectivity index (χ4v) is 6.42. The van der Waals surface area contributed by atoms with Crippen molar-refractivity contribution in [2.75, 3.05) is 19.6 Å². The highest BCUT2D eigenvalue weighted by atomic mass is 32.2. The Bertz CT molecular complexity index is 822. The van der Waals surface area contributed by atoms with E-state index in [0.717, 1.165) is 22.9 Å². The molecule has 128 valence electrons. The molecule has 2 aliphatic rings. The quantitative estimate of drug-likeness (QED) is 0.822. The Morgan fingerprint density at radius 3 is 2.75 bits per heavy atom. The summed E-state index contributed by atoms with van der Waals surface area (Å²) in [6.07, 6.45) is 1.78. The molecule has 0 amide bonds. The van der Waals surface area contributed by atoms with E-state index in [9.17, 15) is 8.42 Å². The smallest absolute Gasteiger partial charge is 0.218 e. The first-order chi connectivity index (χ1) is 11.5. The first kappa shape index (κ1) is 16.1. The third-order valence-electron chi connectivity index (χ3n) is 4.75. The molecule has 2 aliphatic heterocycles. The third kappa shape index (κ3) is 2.99. The predicted molar refractivity (Wildman–Crippen MR) is 93.0 cm³/mol. The highest BCUT2D eigenvalue weighted by Gasteiger charge is 2.50. The van der Waals surface area contributed by atoms with Crippen molar-refractivity contribution in [3.63, 3.8) is 0 Å². The van der Waals surface area contributed by atoms with E-state index >= 15 is 0 Å². The average molecular weight is 364 g/mol. The van der Waals surface area contributed by atoms with Gasteiger partial charge in [-0.2, -0.15) is 4.31 Å². The molecule has 2 atom stereocenters. The van der Waals surface area contributed by atoms with E-state index in [0.29, 0.717) is 26.2 Å². The van der Waals surface area contributed by atoms with E-state index < -0.39 is 10.0 Å². The number of likely N-dealkylation sites (tertiary alicyclic amines) is 1. The fourth-order valence-electron chi connectivity index (χ4n) is 3.66. The van der Waals surface area contributed by atoms with Crippen molar-refractivity contribution < 1.29 is 8.42 Å². The SMILES string of the molecule is Cc1nc(CN2CC3CN(Cc4ccccn4)CC3S2(=O)=O)cs1. The highest BCUT2D eigenvalue weighted by Crippen LogP contribution is 2.35. The van der Waals surface area contributed by atoms with Crippen molar-refractivity contribution in [1.29, 1.82) is 0 Å². The second-order valence-corrected chi connectivity index (χ2v) is 9.72. The van der Waals surface area contributed by atoms with Crippen molar-refractivity contribution in [1.82, 2.24) is 19.2 Å². The van der Waals surface area contributed by atoms with Gasteiger partial charge in [0.05, 0.1) is 28.2 Å². The van der Waals surface area contributed by atoms with E-state index in [1.165, 1.54) is 0 Å². The maximum absolute atomic E-state index is 12.8. The topological polar surface area (TPSA) is 66.4 Å². The molecule has 0 aliphatic carbocycles. The van der Waals surface area contributed by atoms with Gasteiger partial charge in [-0.3, -0.25) is 9.88 Å². The van der Waals surface area contributed by atoms with Gasteiger partial charge in [0.15, 0.2) is 0 Å². The predicted octanol–water partition coefficient (Wildman–Crippen LogP) is 1.49. The van der Waals surface area contributed by atoms with Gasteiger partial charge in [0.2, 0.25) is 10.0 Å². The summed E-state index contributed by atoms with van der Waals surface area (Å²) in [5, 5.41) is 2.64. The molecule has 8 heteroatoms. The number of rotatable bonds is 4. The van der Waals surface area contributed by atoms with Crippen LogP contribution in [0.2, 0.25) is 0 Å². The first-order valence-electron chi connectivity index (χ1n) is 8.04. The third-order valence-corrected chi connectivity index (χ3v) is 7.87. The van der Waals surface area contributed by atoms with Gasteiger partial charge >= 0.3 is 0 Å². The summed E-state index contributed by atoms with van der Waals surface area (Å²) >= 11 is 1.56. The van der Waals surface area contributed by atoms with Crippen LogP contribution >= 0.6 is 11.3 Å². The van der Waals surface area contributed by atoms with Gasteiger partial charge in [0.25, 0.3) is 0 Å². The lowest BCUT2D eigenvalue weighted by molar-refractivity contribution is 0.291. The summed E-state index contributed by atoms with van der Waals surface area (Å²) in [7, 11) is -3.24. The van der Waals surface area contributed by atoms with E-state index in [-0.39, 0.29) is 11.2 Å². The molecule has 6 nitrogen and oxygen atoms in total. The molecule has 4 rings (SSSR count). The molecule has 0 radical (unpaired) electrons. The second kappa shape index (κ2) is 6.18. The molecule has 2 saturated heterocycles. The molecule has 4 heterocycles. The van der Waals surface area contributed by atoms with Gasteiger partial charge in [-0.15, -0.1) is 11.3 Å². The van der Waals surface area contributed by atoms with Crippen LogP contribution in [0.4, 0.5) is 0 Å². The molecule has 24 heavy (non-hydrogen) atoms. The summed E-state index contributed by atoms with van der Waals surface area (Å²) in [6.45, 7) is 5.07. The lowest BCUT2D eigenvalue weighted by Crippen LogP contribution is -2.34. The summed E-state index contributed by atoms with van der Waals surface area (Å²) < 4.78 is 27.3. The largest absolute Gasteiger partial charge is 0.296 e. The minimum absolute atomic E-state index is 0.179. The van der Waals surface area contributed by atoms with Gasteiger partial charge in [-0.05, 0) is 19.1 Å². The van der Waals surface area contributed by atoms with Crippen molar-refractivity contribution in [3.8, 4) is 0 Å². The number of aryl methyl sites for hydroxylation is 1. The van der Waals surface area contributed by atoms with Crippen molar-refractivity contribution >= 4 is 21.4 Å². The van der Waals surface area contributed by atoms with Crippen LogP contribution in [0.5, 0.6) is 0 Å². The minimum Gasteiger partial charge on any atom is -0.296 e. The Hall–Kier alpha value is -1.35. The number of aromatic nitrogens is 2. The number of sulfonamides is 1. The molecular formula is C16H20N4O2S2. The molecule has 0 aromatic carbocycles. The zero-order valence-electron chi connectivity index (χ0n) is 13.5. The average Bonchev–Trinajstić information content (AvgIpc) is 3.19. The minimum atomic E-state index is -3.24. The van der Waals surface area contributed by atoms with E-state index in [2.05, 4.69) is 14.9 Å². The van der Waals surface area contributed by atoms with Crippen molar-refractivity contribution in [3.05, 3.63) is 46.2 Å². The summed E-state index contributed by atoms with van der Waals surface area (Å²) in [6, 6.07) is 5.85. The molecular weight excluding hydrogens is 344 g/mol. The molecule has 2 fully saturated rings. The molecule has 0 bridgehead atoms. The summed E-state index contributed by atoms with van der Waals surface area (Å²) in [5.41, 5.74) is 1.84. The number of hydrogen-bond donors (Lipinski definition) is 0. The molecule has 0 N–H and O–H groups in total. The number of pyridine rings is 1. The number of fused-ring (bicyclic) bond motifs is 1. The first-order valence-corrected chi connectivity index (χ1v) is 10.4. The van der Waals surface area contributed by atoms with Gasteiger partial charge in [-0.1, -0.05) is 6.07 Å². The van der Waals surface area contributed by atoms with Crippen LogP contribution in [0, 0.1) is 12.8 Å².